The Morgan fingerprint density at radius 2 is 1.60 bits per heavy atom. The molecule has 0 saturated carbocycles. The largest absolute Gasteiger partial charge is 0.507 e. The lowest BCUT2D eigenvalue weighted by molar-refractivity contribution is -0.731. The molecule has 4 nitrogen and oxygen atoms in total. The molecular weight excluding hydrogens is 372 g/mol. The first-order valence-corrected chi connectivity index (χ1v) is 10.6. The van der Waals surface area contributed by atoms with E-state index in [2.05, 4.69) is 54.0 Å². The summed E-state index contributed by atoms with van der Waals surface area (Å²) in [6, 6.07) is 24.4. The summed E-state index contributed by atoms with van der Waals surface area (Å²) in [5.41, 5.74) is 5.51. The Labute approximate surface area is 178 Å². The van der Waals surface area contributed by atoms with Crippen molar-refractivity contribution in [2.45, 2.75) is 32.5 Å². The molecule has 3 aromatic carbocycles. The van der Waals surface area contributed by atoms with E-state index in [-0.39, 0.29) is 12.2 Å². The fourth-order valence-electron chi connectivity index (χ4n) is 3.97. The van der Waals surface area contributed by atoms with Crippen molar-refractivity contribution >= 4 is 5.70 Å². The Hall–Kier alpha value is -3.24. The van der Waals surface area contributed by atoms with Crippen molar-refractivity contribution in [1.82, 2.24) is 5.32 Å². The average Bonchev–Trinajstić information content (AvgIpc) is 2.80. The van der Waals surface area contributed by atoms with E-state index in [9.17, 15) is 5.11 Å². The van der Waals surface area contributed by atoms with Crippen LogP contribution in [0.25, 0.3) is 5.70 Å². The monoisotopic (exact) mass is 401 g/mol. The molecule has 0 aliphatic carbocycles. The fourth-order valence-corrected chi connectivity index (χ4v) is 3.97. The Morgan fingerprint density at radius 1 is 0.900 bits per heavy atom. The van der Waals surface area contributed by atoms with Crippen LogP contribution in [0.2, 0.25) is 0 Å². The number of quaternary nitrogens is 1. The van der Waals surface area contributed by atoms with Crippen LogP contribution >= 0.6 is 0 Å². The molecule has 0 saturated heterocycles. The molecule has 4 rings (SSSR count). The summed E-state index contributed by atoms with van der Waals surface area (Å²) in [4.78, 5) is 0. The van der Waals surface area contributed by atoms with Crippen molar-refractivity contribution in [2.75, 3.05) is 6.61 Å². The van der Waals surface area contributed by atoms with Gasteiger partial charge in [-0.1, -0.05) is 55.5 Å². The highest BCUT2D eigenvalue weighted by Crippen LogP contribution is 2.31. The van der Waals surface area contributed by atoms with Crippen LogP contribution in [0.1, 0.15) is 48.3 Å². The number of aromatic hydroxyl groups is 1. The highest BCUT2D eigenvalue weighted by molar-refractivity contribution is 5.66. The summed E-state index contributed by atoms with van der Waals surface area (Å²) >= 11 is 0. The maximum absolute atomic E-state index is 10.5. The average molecular weight is 402 g/mol. The Balaban J connectivity index is 1.75. The molecular formula is C26H29N2O2+. The quantitative estimate of drug-likeness (QED) is 0.577. The van der Waals surface area contributed by atoms with Gasteiger partial charge in [-0.3, -0.25) is 0 Å². The topological polar surface area (TPSA) is 58.1 Å². The van der Waals surface area contributed by atoms with Crippen LogP contribution in [-0.4, -0.2) is 11.7 Å². The van der Waals surface area contributed by atoms with Gasteiger partial charge in [0.1, 0.15) is 17.5 Å². The van der Waals surface area contributed by atoms with Crippen molar-refractivity contribution in [3.05, 3.63) is 101 Å². The molecule has 30 heavy (non-hydrogen) atoms. The minimum absolute atomic E-state index is 0.0204. The second kappa shape index (κ2) is 9.06. The predicted octanol–water partition coefficient (Wildman–Crippen LogP) is 4.30. The number of hydrogen-bond donors (Lipinski definition) is 3. The number of phenolic OH excluding ortho intramolecular Hbond substituents is 1. The minimum atomic E-state index is -0.0387. The zero-order valence-corrected chi connectivity index (χ0v) is 17.5. The molecule has 0 bridgehead atoms. The summed E-state index contributed by atoms with van der Waals surface area (Å²) in [6.45, 7) is 4.78. The second-order valence-corrected chi connectivity index (χ2v) is 7.50. The van der Waals surface area contributed by atoms with Gasteiger partial charge in [0.25, 0.3) is 0 Å². The van der Waals surface area contributed by atoms with Crippen molar-refractivity contribution in [3.8, 4) is 11.5 Å². The molecule has 0 spiro atoms. The molecule has 1 heterocycles. The molecule has 0 aromatic heterocycles. The molecule has 2 atom stereocenters. The first kappa shape index (κ1) is 20.0. The predicted molar refractivity (Wildman–Crippen MR) is 120 cm³/mol. The number of rotatable bonds is 6. The lowest BCUT2D eigenvalue weighted by Gasteiger charge is -2.30. The highest BCUT2D eigenvalue weighted by atomic mass is 16.5. The summed E-state index contributed by atoms with van der Waals surface area (Å²) in [6.07, 6.45) is 3.17. The van der Waals surface area contributed by atoms with Gasteiger partial charge in [0, 0.05) is 11.8 Å². The minimum Gasteiger partial charge on any atom is -0.507 e. The molecule has 2 unspecified atom stereocenters. The zero-order chi connectivity index (χ0) is 20.9. The van der Waals surface area contributed by atoms with Crippen molar-refractivity contribution in [2.24, 2.45) is 0 Å². The third-order valence-electron chi connectivity index (χ3n) is 5.58. The van der Waals surface area contributed by atoms with Gasteiger partial charge in [0.2, 0.25) is 0 Å². The molecule has 3 aromatic rings. The Morgan fingerprint density at radius 3 is 2.30 bits per heavy atom. The standard InChI is InChI=1S/C26H28N2O2/c1-3-18-13-15-19(16-14-18)22-17-23(20-9-5-7-11-24(20)29)28-26(27-22)21-10-6-8-12-25(21)30-4-2/h5-17,23,26-29H,3-4H2,1-2H3/p+1. The van der Waals surface area contributed by atoms with Gasteiger partial charge in [0.05, 0.1) is 17.7 Å². The maximum atomic E-state index is 10.5. The van der Waals surface area contributed by atoms with E-state index >= 15 is 0 Å². The smallest absolute Gasteiger partial charge is 0.190 e. The Bertz CT molecular complexity index is 1030. The second-order valence-electron chi connectivity index (χ2n) is 7.50. The number of nitrogens with two attached hydrogens (primary N) is 1. The third-order valence-corrected chi connectivity index (χ3v) is 5.58. The fraction of sp³-hybridized carbons (Fsp3) is 0.231. The number of para-hydroxylation sites is 2. The van der Waals surface area contributed by atoms with Gasteiger partial charge < -0.3 is 20.5 Å². The summed E-state index contributed by atoms with van der Waals surface area (Å²) in [5, 5.41) is 16.4. The summed E-state index contributed by atoms with van der Waals surface area (Å²) < 4.78 is 5.90. The highest BCUT2D eigenvalue weighted by Gasteiger charge is 2.30. The van der Waals surface area contributed by atoms with Gasteiger partial charge in [0.15, 0.2) is 6.17 Å². The van der Waals surface area contributed by atoms with E-state index in [1.54, 1.807) is 6.07 Å². The lowest BCUT2D eigenvalue weighted by atomic mass is 9.97. The zero-order valence-electron chi connectivity index (χ0n) is 17.5. The van der Waals surface area contributed by atoms with Crippen LogP contribution in [0.15, 0.2) is 78.9 Å². The number of nitrogens with one attached hydrogen (secondary N) is 1. The first-order valence-electron chi connectivity index (χ1n) is 10.6. The van der Waals surface area contributed by atoms with Gasteiger partial charge in [-0.05, 0) is 48.7 Å². The van der Waals surface area contributed by atoms with E-state index in [1.165, 1.54) is 5.56 Å². The van der Waals surface area contributed by atoms with Crippen LogP contribution in [0.4, 0.5) is 0 Å². The van der Waals surface area contributed by atoms with Crippen LogP contribution in [-0.2, 0) is 6.42 Å². The van der Waals surface area contributed by atoms with Crippen LogP contribution < -0.4 is 15.4 Å². The molecule has 0 fully saturated rings. The van der Waals surface area contributed by atoms with Crippen molar-refractivity contribution in [3.63, 3.8) is 0 Å². The van der Waals surface area contributed by atoms with E-state index in [0.29, 0.717) is 12.4 Å². The molecule has 4 heteroatoms. The normalized spacial score (nSPS) is 18.4. The molecule has 0 amide bonds. The van der Waals surface area contributed by atoms with Gasteiger partial charge >= 0.3 is 0 Å². The molecule has 154 valence electrons. The molecule has 1 aliphatic heterocycles. The van der Waals surface area contributed by atoms with E-state index in [4.69, 9.17) is 4.74 Å². The van der Waals surface area contributed by atoms with Crippen LogP contribution in [0.5, 0.6) is 11.5 Å². The summed E-state index contributed by atoms with van der Waals surface area (Å²) in [7, 11) is 0. The van der Waals surface area contributed by atoms with Crippen molar-refractivity contribution in [1.29, 1.82) is 0 Å². The first-order chi connectivity index (χ1) is 14.7. The third kappa shape index (κ3) is 4.19. The van der Waals surface area contributed by atoms with Gasteiger partial charge in [-0.15, -0.1) is 0 Å². The molecule has 1 aliphatic rings. The summed E-state index contributed by atoms with van der Waals surface area (Å²) in [5.74, 6) is 1.20. The van der Waals surface area contributed by atoms with E-state index in [1.807, 2.05) is 43.3 Å². The number of aryl methyl sites for hydroxylation is 1. The number of phenols is 1. The number of benzene rings is 3. The van der Waals surface area contributed by atoms with E-state index < -0.39 is 0 Å². The molecule has 4 N–H and O–H groups in total. The SMILES string of the molecule is CCOc1ccccc1C1NC(c2ccc(CC)cc2)=CC(c2ccccc2O)[NH2+]1. The molecule has 0 radical (unpaired) electrons. The van der Waals surface area contributed by atoms with Gasteiger partial charge in [-0.25, -0.2) is 0 Å². The van der Waals surface area contributed by atoms with Crippen molar-refractivity contribution < 1.29 is 15.2 Å². The number of ether oxygens (including phenoxy) is 1. The van der Waals surface area contributed by atoms with E-state index in [0.717, 1.165) is 34.6 Å². The Kier molecular flexibility index (Phi) is 6.05. The lowest BCUT2D eigenvalue weighted by Crippen LogP contribution is -2.89. The number of hydrogen-bond acceptors (Lipinski definition) is 3. The maximum Gasteiger partial charge on any atom is 0.190 e. The van der Waals surface area contributed by atoms with Crippen LogP contribution in [0.3, 0.4) is 0 Å². The van der Waals surface area contributed by atoms with Gasteiger partial charge in [-0.2, -0.15) is 0 Å². The van der Waals surface area contributed by atoms with Crippen LogP contribution in [0, 0.1) is 0 Å².